The molecule has 2 aromatic carbocycles. The maximum Gasteiger partial charge on any atom is 0.266 e. The number of fused-ring (bicyclic) bond motifs is 1. The summed E-state index contributed by atoms with van der Waals surface area (Å²) in [6, 6.07) is 10.7. The van der Waals surface area contributed by atoms with E-state index in [-0.39, 0.29) is 10.6 Å². The third kappa shape index (κ3) is 1.92. The van der Waals surface area contributed by atoms with Gasteiger partial charge in [-0.1, -0.05) is 18.2 Å². The molecular formula is C14H13FN2O2S. The number of para-hydroxylation sites is 1. The highest BCUT2D eigenvalue weighted by molar-refractivity contribution is 7.93. The molecule has 0 unspecified atom stereocenters. The summed E-state index contributed by atoms with van der Waals surface area (Å²) in [5.41, 5.74) is 7.34. The minimum absolute atomic E-state index is 0.0516. The molecular weight excluding hydrogens is 279 g/mol. The van der Waals surface area contributed by atoms with Gasteiger partial charge in [-0.2, -0.15) is 0 Å². The molecule has 3 rings (SSSR count). The molecule has 104 valence electrons. The maximum absolute atomic E-state index is 13.3. The van der Waals surface area contributed by atoms with Gasteiger partial charge in [0.2, 0.25) is 0 Å². The molecule has 0 aromatic heterocycles. The van der Waals surface area contributed by atoms with Gasteiger partial charge in [-0.15, -0.1) is 0 Å². The van der Waals surface area contributed by atoms with Crippen LogP contribution < -0.4 is 10.0 Å². The van der Waals surface area contributed by atoms with Gasteiger partial charge in [-0.3, -0.25) is 4.31 Å². The zero-order valence-electron chi connectivity index (χ0n) is 10.6. The van der Waals surface area contributed by atoms with E-state index in [1.54, 1.807) is 12.1 Å². The van der Waals surface area contributed by atoms with E-state index in [0.29, 0.717) is 18.7 Å². The summed E-state index contributed by atoms with van der Waals surface area (Å²) in [6.07, 6.45) is 0.643. The smallest absolute Gasteiger partial charge is 0.266 e. The number of hydrogen-bond donors (Lipinski definition) is 1. The Labute approximate surface area is 116 Å². The van der Waals surface area contributed by atoms with Crippen LogP contribution in [0.1, 0.15) is 5.56 Å². The second-order valence-corrected chi connectivity index (χ2v) is 6.47. The van der Waals surface area contributed by atoms with Crippen LogP contribution in [-0.2, 0) is 16.4 Å². The van der Waals surface area contributed by atoms with Crippen molar-refractivity contribution in [3.63, 3.8) is 0 Å². The van der Waals surface area contributed by atoms with Crippen molar-refractivity contribution in [3.05, 3.63) is 53.8 Å². The molecule has 0 radical (unpaired) electrons. The third-order valence-electron chi connectivity index (χ3n) is 3.39. The lowest BCUT2D eigenvalue weighted by atomic mass is 10.2. The minimum Gasteiger partial charge on any atom is -0.398 e. The van der Waals surface area contributed by atoms with Gasteiger partial charge in [0.25, 0.3) is 10.0 Å². The number of nitrogen functional groups attached to an aromatic ring is 1. The molecule has 0 spiro atoms. The van der Waals surface area contributed by atoms with Gasteiger partial charge in [0.15, 0.2) is 0 Å². The van der Waals surface area contributed by atoms with E-state index in [1.807, 2.05) is 12.1 Å². The average Bonchev–Trinajstić information content (AvgIpc) is 2.86. The van der Waals surface area contributed by atoms with Gasteiger partial charge in [0.05, 0.1) is 11.4 Å². The predicted octanol–water partition coefficient (Wildman–Crippen LogP) is 2.16. The standard InChI is InChI=1S/C14H13FN2O2S/c15-11-5-6-12(16)14(9-11)20(18,19)17-8-7-10-3-1-2-4-13(10)17/h1-6,9H,7-8,16H2. The monoisotopic (exact) mass is 292 g/mol. The SMILES string of the molecule is Nc1ccc(F)cc1S(=O)(=O)N1CCc2ccccc21. The van der Waals surface area contributed by atoms with Crippen molar-refractivity contribution >= 4 is 21.4 Å². The fraction of sp³-hybridized carbons (Fsp3) is 0.143. The Balaban J connectivity index is 2.13. The van der Waals surface area contributed by atoms with Crippen LogP contribution in [-0.4, -0.2) is 15.0 Å². The second kappa shape index (κ2) is 4.49. The highest BCUT2D eigenvalue weighted by Crippen LogP contribution is 2.34. The summed E-state index contributed by atoms with van der Waals surface area (Å²) in [5, 5.41) is 0. The van der Waals surface area contributed by atoms with E-state index in [9.17, 15) is 12.8 Å². The average molecular weight is 292 g/mol. The van der Waals surface area contributed by atoms with E-state index in [1.165, 1.54) is 10.4 Å². The number of hydrogen-bond acceptors (Lipinski definition) is 3. The van der Waals surface area contributed by atoms with Crippen molar-refractivity contribution in [2.45, 2.75) is 11.3 Å². The first-order valence-corrected chi connectivity index (χ1v) is 7.60. The molecule has 0 saturated heterocycles. The Morgan fingerprint density at radius 3 is 2.70 bits per heavy atom. The normalized spacial score (nSPS) is 14.3. The van der Waals surface area contributed by atoms with Gasteiger partial charge in [0.1, 0.15) is 10.7 Å². The van der Waals surface area contributed by atoms with E-state index in [0.717, 1.165) is 17.7 Å². The molecule has 0 saturated carbocycles. The van der Waals surface area contributed by atoms with Crippen LogP contribution >= 0.6 is 0 Å². The number of halogens is 1. The highest BCUT2D eigenvalue weighted by atomic mass is 32.2. The van der Waals surface area contributed by atoms with E-state index in [2.05, 4.69) is 0 Å². The zero-order chi connectivity index (χ0) is 14.3. The first-order chi connectivity index (χ1) is 9.50. The first-order valence-electron chi connectivity index (χ1n) is 6.16. The second-order valence-electron chi connectivity index (χ2n) is 4.64. The van der Waals surface area contributed by atoms with Crippen molar-refractivity contribution in [2.75, 3.05) is 16.6 Å². The fourth-order valence-corrected chi connectivity index (χ4v) is 4.04. The molecule has 0 bridgehead atoms. The summed E-state index contributed by atoms with van der Waals surface area (Å²) in [5.74, 6) is -0.620. The van der Waals surface area contributed by atoms with E-state index >= 15 is 0 Å². The molecule has 0 aliphatic carbocycles. The van der Waals surface area contributed by atoms with Gasteiger partial charge < -0.3 is 5.73 Å². The lowest BCUT2D eigenvalue weighted by Gasteiger charge is -2.20. The molecule has 20 heavy (non-hydrogen) atoms. The van der Waals surface area contributed by atoms with Crippen LogP contribution in [0.15, 0.2) is 47.4 Å². The number of nitrogens with two attached hydrogens (primary N) is 1. The minimum atomic E-state index is -3.84. The summed E-state index contributed by atoms with van der Waals surface area (Å²) in [4.78, 5) is -0.186. The largest absolute Gasteiger partial charge is 0.398 e. The third-order valence-corrected chi connectivity index (χ3v) is 5.26. The van der Waals surface area contributed by atoms with Crippen LogP contribution in [0.4, 0.5) is 15.8 Å². The zero-order valence-corrected chi connectivity index (χ0v) is 11.4. The van der Waals surface area contributed by atoms with E-state index in [4.69, 9.17) is 5.73 Å². The van der Waals surface area contributed by atoms with Gasteiger partial charge in [0, 0.05) is 6.54 Å². The first kappa shape index (κ1) is 12.9. The maximum atomic E-state index is 13.3. The van der Waals surface area contributed by atoms with Crippen molar-refractivity contribution in [2.24, 2.45) is 0 Å². The van der Waals surface area contributed by atoms with Gasteiger partial charge in [-0.25, -0.2) is 12.8 Å². The van der Waals surface area contributed by atoms with Crippen LogP contribution in [0.3, 0.4) is 0 Å². The van der Waals surface area contributed by atoms with Crippen molar-refractivity contribution in [1.82, 2.24) is 0 Å². The lowest BCUT2D eigenvalue weighted by molar-refractivity contribution is 0.588. The molecule has 6 heteroatoms. The van der Waals surface area contributed by atoms with Crippen molar-refractivity contribution in [3.8, 4) is 0 Å². The van der Waals surface area contributed by atoms with Crippen LogP contribution in [0.25, 0.3) is 0 Å². The topological polar surface area (TPSA) is 63.4 Å². The number of sulfonamides is 1. The molecule has 0 fully saturated rings. The molecule has 1 aliphatic heterocycles. The summed E-state index contributed by atoms with van der Waals surface area (Å²) in [7, 11) is -3.84. The fourth-order valence-electron chi connectivity index (χ4n) is 2.41. The molecule has 0 amide bonds. The number of nitrogens with zero attached hydrogens (tertiary/aromatic N) is 1. The summed E-state index contributed by atoms with van der Waals surface area (Å²) < 4.78 is 39.9. The Morgan fingerprint density at radius 2 is 1.90 bits per heavy atom. The quantitative estimate of drug-likeness (QED) is 0.863. The molecule has 2 N–H and O–H groups in total. The lowest BCUT2D eigenvalue weighted by Crippen LogP contribution is -2.29. The molecule has 4 nitrogen and oxygen atoms in total. The summed E-state index contributed by atoms with van der Waals surface area (Å²) in [6.45, 7) is 0.345. The Hall–Kier alpha value is -2.08. The van der Waals surface area contributed by atoms with Gasteiger partial charge >= 0.3 is 0 Å². The van der Waals surface area contributed by atoms with Gasteiger partial charge in [-0.05, 0) is 36.2 Å². The van der Waals surface area contributed by atoms with Crippen LogP contribution in [0.2, 0.25) is 0 Å². The predicted molar refractivity (Wildman–Crippen MR) is 75.5 cm³/mol. The Kier molecular flexibility index (Phi) is 2.90. The molecule has 1 aliphatic rings. The molecule has 1 heterocycles. The van der Waals surface area contributed by atoms with E-state index < -0.39 is 15.8 Å². The number of rotatable bonds is 2. The molecule has 2 aromatic rings. The Morgan fingerprint density at radius 1 is 1.15 bits per heavy atom. The van der Waals surface area contributed by atoms with Crippen LogP contribution in [0.5, 0.6) is 0 Å². The summed E-state index contributed by atoms with van der Waals surface area (Å²) >= 11 is 0. The highest BCUT2D eigenvalue weighted by Gasteiger charge is 2.32. The van der Waals surface area contributed by atoms with Crippen molar-refractivity contribution < 1.29 is 12.8 Å². The molecule has 0 atom stereocenters. The number of anilines is 2. The van der Waals surface area contributed by atoms with Crippen molar-refractivity contribution in [1.29, 1.82) is 0 Å². The Bertz CT molecular complexity index is 774. The van der Waals surface area contributed by atoms with Crippen LogP contribution in [0, 0.1) is 5.82 Å². The number of benzene rings is 2.